The van der Waals surface area contributed by atoms with Crippen LogP contribution in [0.25, 0.3) is 0 Å². The molecule has 2 aliphatic carbocycles. The Morgan fingerprint density at radius 2 is 2.10 bits per heavy atom. The van der Waals surface area contributed by atoms with Gasteiger partial charge in [-0.25, -0.2) is 4.79 Å². The van der Waals surface area contributed by atoms with E-state index in [1.165, 1.54) is 12.1 Å². The second-order valence-electron chi connectivity index (χ2n) is 6.31. The summed E-state index contributed by atoms with van der Waals surface area (Å²) in [5, 5.41) is 16.3. The lowest BCUT2D eigenvalue weighted by Crippen LogP contribution is -2.35. The maximum absolute atomic E-state index is 11.2. The van der Waals surface area contributed by atoms with Gasteiger partial charge in [0.05, 0.1) is 5.57 Å². The minimum atomic E-state index is -0.818. The molecule has 0 amide bonds. The van der Waals surface area contributed by atoms with Gasteiger partial charge in [-0.3, -0.25) is 0 Å². The SMILES string of the molecule is O=C(O)C1=CC2=C(NC1)C1C(C=CC2)NC2C=CCCC21. The van der Waals surface area contributed by atoms with Gasteiger partial charge in [0.2, 0.25) is 0 Å². The highest BCUT2D eigenvalue weighted by molar-refractivity contribution is 5.88. The number of hydrogen-bond donors (Lipinski definition) is 3. The third kappa shape index (κ3) is 2.05. The first-order valence-corrected chi connectivity index (χ1v) is 7.74. The molecule has 0 bridgehead atoms. The van der Waals surface area contributed by atoms with Crippen molar-refractivity contribution in [1.29, 1.82) is 0 Å². The molecule has 4 heteroatoms. The molecule has 0 radical (unpaired) electrons. The van der Waals surface area contributed by atoms with Crippen molar-refractivity contribution in [2.75, 3.05) is 6.54 Å². The molecule has 0 spiro atoms. The smallest absolute Gasteiger partial charge is 0.333 e. The molecule has 2 aliphatic heterocycles. The Bertz CT molecular complexity index is 600. The second kappa shape index (κ2) is 4.88. The average molecular weight is 284 g/mol. The number of fused-ring (bicyclic) bond motifs is 4. The van der Waals surface area contributed by atoms with Crippen LogP contribution in [0, 0.1) is 11.8 Å². The number of aliphatic carboxylic acids is 1. The Kier molecular flexibility index (Phi) is 3.00. The van der Waals surface area contributed by atoms with Crippen molar-refractivity contribution >= 4 is 5.97 Å². The summed E-state index contributed by atoms with van der Waals surface area (Å²) in [5.41, 5.74) is 2.89. The van der Waals surface area contributed by atoms with E-state index in [4.69, 9.17) is 0 Å². The normalized spacial score (nSPS) is 37.0. The number of hydrogen-bond acceptors (Lipinski definition) is 3. The van der Waals surface area contributed by atoms with Crippen LogP contribution in [0.4, 0.5) is 0 Å². The molecule has 4 rings (SSSR count). The molecule has 0 aromatic heterocycles. The highest BCUT2D eigenvalue weighted by Gasteiger charge is 2.44. The molecule has 110 valence electrons. The molecule has 1 saturated heterocycles. The van der Waals surface area contributed by atoms with Crippen molar-refractivity contribution in [3.05, 3.63) is 47.2 Å². The zero-order valence-corrected chi connectivity index (χ0v) is 11.9. The standard InChI is InChI=1S/C17H20N2O2/c20-17(21)11-8-10-4-3-7-14-15(16(10)18-9-11)12-5-1-2-6-13(12)19-14/h2-3,6-8,12-15,18-19H,1,4-5,9H2,(H,20,21). The minimum Gasteiger partial charge on any atom is -0.478 e. The Hall–Kier alpha value is -1.81. The van der Waals surface area contributed by atoms with Gasteiger partial charge in [-0.2, -0.15) is 0 Å². The van der Waals surface area contributed by atoms with Crippen LogP contribution < -0.4 is 10.6 Å². The zero-order chi connectivity index (χ0) is 14.4. The van der Waals surface area contributed by atoms with Crippen LogP contribution in [0.2, 0.25) is 0 Å². The Balaban J connectivity index is 1.74. The Labute approximate surface area is 124 Å². The van der Waals surface area contributed by atoms with Gasteiger partial charge in [0.1, 0.15) is 0 Å². The number of nitrogens with one attached hydrogen (secondary N) is 2. The van der Waals surface area contributed by atoms with Gasteiger partial charge >= 0.3 is 5.97 Å². The molecule has 4 unspecified atom stereocenters. The fourth-order valence-electron chi connectivity index (χ4n) is 4.22. The summed E-state index contributed by atoms with van der Waals surface area (Å²) in [4.78, 5) is 11.2. The summed E-state index contributed by atoms with van der Waals surface area (Å²) < 4.78 is 0. The molecular weight excluding hydrogens is 264 g/mol. The van der Waals surface area contributed by atoms with Gasteiger partial charge in [0.15, 0.2) is 0 Å². The van der Waals surface area contributed by atoms with E-state index in [9.17, 15) is 9.90 Å². The molecule has 2 heterocycles. The first kappa shape index (κ1) is 12.9. The van der Waals surface area contributed by atoms with Gasteiger partial charge in [0.25, 0.3) is 0 Å². The third-order valence-electron chi connectivity index (χ3n) is 5.16. The number of carboxylic acid groups (broad SMARTS) is 1. The van der Waals surface area contributed by atoms with Crippen LogP contribution in [0.15, 0.2) is 47.2 Å². The lowest BCUT2D eigenvalue weighted by atomic mass is 9.78. The molecule has 1 fully saturated rings. The highest BCUT2D eigenvalue weighted by atomic mass is 16.4. The average Bonchev–Trinajstić information content (AvgIpc) is 2.75. The lowest BCUT2D eigenvalue weighted by molar-refractivity contribution is -0.132. The van der Waals surface area contributed by atoms with Crippen molar-refractivity contribution < 1.29 is 9.90 Å². The topological polar surface area (TPSA) is 61.4 Å². The highest BCUT2D eigenvalue weighted by Crippen LogP contribution is 2.42. The summed E-state index contributed by atoms with van der Waals surface area (Å²) in [7, 11) is 0. The fourth-order valence-corrected chi connectivity index (χ4v) is 4.22. The van der Waals surface area contributed by atoms with E-state index in [-0.39, 0.29) is 0 Å². The maximum Gasteiger partial charge on any atom is 0.333 e. The number of carboxylic acids is 1. The Morgan fingerprint density at radius 3 is 2.95 bits per heavy atom. The summed E-state index contributed by atoms with van der Waals surface area (Å²) in [6.45, 7) is 0.435. The molecule has 4 aliphatic rings. The summed E-state index contributed by atoms with van der Waals surface area (Å²) >= 11 is 0. The van der Waals surface area contributed by atoms with Crippen LogP contribution in [0.3, 0.4) is 0 Å². The predicted octanol–water partition coefficient (Wildman–Crippen LogP) is 1.74. The number of dihydropyridines is 1. The van der Waals surface area contributed by atoms with Gasteiger partial charge in [-0.15, -0.1) is 0 Å². The van der Waals surface area contributed by atoms with E-state index in [0.29, 0.717) is 36.0 Å². The van der Waals surface area contributed by atoms with E-state index in [1.54, 1.807) is 0 Å². The van der Waals surface area contributed by atoms with E-state index in [1.807, 2.05) is 6.08 Å². The van der Waals surface area contributed by atoms with Gasteiger partial charge in [-0.1, -0.05) is 24.3 Å². The van der Waals surface area contributed by atoms with Crippen LogP contribution in [0.5, 0.6) is 0 Å². The Morgan fingerprint density at radius 1 is 1.24 bits per heavy atom. The number of rotatable bonds is 1. The molecule has 0 aromatic rings. The van der Waals surface area contributed by atoms with Crippen LogP contribution in [-0.2, 0) is 4.79 Å². The van der Waals surface area contributed by atoms with Crippen molar-refractivity contribution in [1.82, 2.24) is 10.6 Å². The van der Waals surface area contributed by atoms with Crippen molar-refractivity contribution in [2.45, 2.75) is 31.3 Å². The van der Waals surface area contributed by atoms with Gasteiger partial charge in [0, 0.05) is 30.2 Å². The summed E-state index contributed by atoms with van der Waals surface area (Å²) in [5.74, 6) is 0.238. The third-order valence-corrected chi connectivity index (χ3v) is 5.16. The van der Waals surface area contributed by atoms with E-state index < -0.39 is 5.97 Å². The first-order valence-electron chi connectivity index (χ1n) is 7.74. The van der Waals surface area contributed by atoms with Crippen molar-refractivity contribution in [3.63, 3.8) is 0 Å². The molecule has 0 aromatic carbocycles. The van der Waals surface area contributed by atoms with Crippen LogP contribution >= 0.6 is 0 Å². The van der Waals surface area contributed by atoms with Gasteiger partial charge in [-0.05, 0) is 36.8 Å². The predicted molar refractivity (Wildman–Crippen MR) is 80.6 cm³/mol. The molecule has 4 nitrogen and oxygen atoms in total. The zero-order valence-electron chi connectivity index (χ0n) is 11.9. The minimum absolute atomic E-state index is 0.363. The quantitative estimate of drug-likeness (QED) is 0.642. The largest absolute Gasteiger partial charge is 0.478 e. The van der Waals surface area contributed by atoms with Crippen LogP contribution in [-0.4, -0.2) is 29.7 Å². The first-order chi connectivity index (χ1) is 10.2. The van der Waals surface area contributed by atoms with Crippen LogP contribution in [0.1, 0.15) is 19.3 Å². The van der Waals surface area contributed by atoms with Crippen molar-refractivity contribution in [3.8, 4) is 0 Å². The molecule has 21 heavy (non-hydrogen) atoms. The summed E-state index contributed by atoms with van der Waals surface area (Å²) in [6, 6.07) is 0.819. The van der Waals surface area contributed by atoms with E-state index in [2.05, 4.69) is 34.9 Å². The van der Waals surface area contributed by atoms with E-state index >= 15 is 0 Å². The number of carbonyl (C=O) groups is 1. The molecule has 3 N–H and O–H groups in total. The van der Waals surface area contributed by atoms with Crippen molar-refractivity contribution in [2.24, 2.45) is 11.8 Å². The fraction of sp³-hybridized carbons (Fsp3) is 0.471. The second-order valence-corrected chi connectivity index (χ2v) is 6.31. The lowest BCUT2D eigenvalue weighted by Gasteiger charge is -2.31. The van der Waals surface area contributed by atoms with E-state index in [0.717, 1.165) is 18.4 Å². The summed E-state index contributed by atoms with van der Waals surface area (Å²) in [6.07, 6.45) is 14.1. The molecular formula is C17H20N2O2. The van der Waals surface area contributed by atoms with Gasteiger partial charge < -0.3 is 15.7 Å². The number of allylic oxidation sites excluding steroid dienone is 4. The maximum atomic E-state index is 11.2. The molecule has 4 atom stereocenters. The molecule has 0 saturated carbocycles. The monoisotopic (exact) mass is 284 g/mol.